The van der Waals surface area contributed by atoms with Crippen LogP contribution in [0.3, 0.4) is 0 Å². The zero-order valence-electron chi connectivity index (χ0n) is 15.5. The van der Waals surface area contributed by atoms with Crippen molar-refractivity contribution in [3.8, 4) is 0 Å². The van der Waals surface area contributed by atoms with Crippen molar-refractivity contribution >= 4 is 0 Å². The summed E-state index contributed by atoms with van der Waals surface area (Å²) >= 11 is 0. The maximum absolute atomic E-state index is 6.17. The Hall–Kier alpha value is -1.69. The van der Waals surface area contributed by atoms with Gasteiger partial charge in [-0.15, -0.1) is 0 Å². The molecule has 0 amide bonds. The molecule has 5 heteroatoms. The van der Waals surface area contributed by atoms with Crippen LogP contribution in [0.15, 0.2) is 42.6 Å². The molecule has 1 aromatic heterocycles. The van der Waals surface area contributed by atoms with Gasteiger partial charge in [0.1, 0.15) is 0 Å². The maximum atomic E-state index is 6.17. The molecule has 0 unspecified atom stereocenters. The first kappa shape index (κ1) is 17.7. The third kappa shape index (κ3) is 4.72. The fourth-order valence-corrected chi connectivity index (χ4v) is 4.27. The highest BCUT2D eigenvalue weighted by atomic mass is 16.5. The zero-order chi connectivity index (χ0) is 17.6. The van der Waals surface area contributed by atoms with E-state index in [1.54, 1.807) is 0 Å². The van der Waals surface area contributed by atoms with Crippen LogP contribution >= 0.6 is 0 Å². The van der Waals surface area contributed by atoms with Gasteiger partial charge in [-0.1, -0.05) is 30.3 Å². The molecule has 1 N–H and O–H groups in total. The van der Waals surface area contributed by atoms with Gasteiger partial charge in [-0.05, 0) is 44.0 Å². The number of rotatable bonds is 5. The van der Waals surface area contributed by atoms with E-state index >= 15 is 0 Å². The first-order valence-corrected chi connectivity index (χ1v) is 9.96. The van der Waals surface area contributed by atoms with Crippen molar-refractivity contribution in [3.05, 3.63) is 53.9 Å². The number of likely N-dealkylation sites (tertiary alicyclic amines) is 1. The van der Waals surface area contributed by atoms with Gasteiger partial charge in [-0.3, -0.25) is 10.00 Å². The van der Waals surface area contributed by atoms with Gasteiger partial charge in [-0.25, -0.2) is 0 Å². The van der Waals surface area contributed by atoms with E-state index in [-0.39, 0.29) is 0 Å². The minimum Gasteiger partial charge on any atom is -0.376 e. The second-order valence-electron chi connectivity index (χ2n) is 7.65. The lowest BCUT2D eigenvalue weighted by atomic mass is 9.93. The van der Waals surface area contributed by atoms with E-state index in [0.29, 0.717) is 12.0 Å². The highest BCUT2D eigenvalue weighted by Gasteiger charge is 2.25. The second-order valence-corrected chi connectivity index (χ2v) is 7.65. The Morgan fingerprint density at radius 1 is 1.04 bits per heavy atom. The maximum Gasteiger partial charge on any atom is 0.0828 e. The molecule has 2 aliphatic rings. The molecule has 5 nitrogen and oxygen atoms in total. The number of hydrogen-bond acceptors (Lipinski definition) is 4. The number of piperidine rings is 1. The summed E-state index contributed by atoms with van der Waals surface area (Å²) in [6.45, 7) is 7.46. The highest BCUT2D eigenvalue weighted by Crippen LogP contribution is 2.26. The van der Waals surface area contributed by atoms with Crippen LogP contribution in [0, 0.1) is 0 Å². The Morgan fingerprint density at radius 3 is 2.65 bits per heavy atom. The van der Waals surface area contributed by atoms with Crippen molar-refractivity contribution in [1.82, 2.24) is 20.0 Å². The number of aromatic nitrogens is 2. The highest BCUT2D eigenvalue weighted by molar-refractivity contribution is 5.14. The number of H-pyrrole nitrogens is 1. The Kier molecular flexibility index (Phi) is 5.99. The van der Waals surface area contributed by atoms with Gasteiger partial charge in [0.05, 0.1) is 6.10 Å². The summed E-state index contributed by atoms with van der Waals surface area (Å²) in [4.78, 5) is 5.15. The number of hydrogen-bond donors (Lipinski definition) is 1. The van der Waals surface area contributed by atoms with Crippen LogP contribution in [-0.4, -0.2) is 65.4 Å². The summed E-state index contributed by atoms with van der Waals surface area (Å²) in [5.74, 6) is 0.637. The van der Waals surface area contributed by atoms with Crippen LogP contribution in [0.1, 0.15) is 36.4 Å². The average molecular weight is 354 g/mol. The lowest BCUT2D eigenvalue weighted by Crippen LogP contribution is -2.43. The molecule has 140 valence electrons. The molecule has 2 aromatic rings. The van der Waals surface area contributed by atoms with E-state index < -0.39 is 0 Å². The van der Waals surface area contributed by atoms with E-state index in [0.717, 1.165) is 52.3 Å². The predicted octanol–water partition coefficient (Wildman–Crippen LogP) is 2.88. The average Bonchev–Trinajstić information content (AvgIpc) is 3.12. The van der Waals surface area contributed by atoms with Crippen LogP contribution in [0.5, 0.6) is 0 Å². The number of benzene rings is 1. The quantitative estimate of drug-likeness (QED) is 0.897. The minimum atomic E-state index is 0.324. The molecule has 4 rings (SSSR count). The predicted molar refractivity (Wildman–Crippen MR) is 103 cm³/mol. The Labute approximate surface area is 156 Å². The first-order chi connectivity index (χ1) is 12.9. The van der Waals surface area contributed by atoms with Crippen molar-refractivity contribution in [2.24, 2.45) is 0 Å². The van der Waals surface area contributed by atoms with Crippen LogP contribution in [0.25, 0.3) is 0 Å². The topological polar surface area (TPSA) is 44.4 Å². The molecule has 2 saturated heterocycles. The normalized spacial score (nSPS) is 23.8. The number of aromatic amines is 1. The van der Waals surface area contributed by atoms with Gasteiger partial charge in [0.25, 0.3) is 0 Å². The van der Waals surface area contributed by atoms with Gasteiger partial charge < -0.3 is 9.64 Å². The Morgan fingerprint density at radius 2 is 1.88 bits per heavy atom. The molecular weight excluding hydrogens is 324 g/mol. The number of nitrogens with one attached hydrogen (secondary N) is 1. The molecule has 0 spiro atoms. The van der Waals surface area contributed by atoms with Gasteiger partial charge in [0, 0.05) is 50.6 Å². The fourth-order valence-electron chi connectivity index (χ4n) is 4.27. The summed E-state index contributed by atoms with van der Waals surface area (Å²) < 4.78 is 6.17. The zero-order valence-corrected chi connectivity index (χ0v) is 15.5. The van der Waals surface area contributed by atoms with E-state index in [1.165, 1.54) is 24.1 Å². The molecule has 0 radical (unpaired) electrons. The molecule has 0 saturated carbocycles. The minimum absolute atomic E-state index is 0.324. The SMILES string of the molecule is c1ccc(CN2CCCO[C@H](CN3CCC(c4ccn[nH]4)CC3)C2)cc1. The van der Waals surface area contributed by atoms with Crippen molar-refractivity contribution in [1.29, 1.82) is 0 Å². The standard InChI is InChI=1S/C21H30N4O/c1-2-5-18(6-3-1)15-25-11-4-14-26-20(17-25)16-24-12-8-19(9-13-24)21-7-10-22-23-21/h1-3,5-7,10,19-20H,4,8-9,11-17H2,(H,22,23)/t20-/m1/s1. The first-order valence-electron chi connectivity index (χ1n) is 9.96. The monoisotopic (exact) mass is 354 g/mol. The van der Waals surface area contributed by atoms with E-state index in [1.807, 2.05) is 6.20 Å². The molecule has 0 aliphatic carbocycles. The number of nitrogens with zero attached hydrogens (tertiary/aromatic N) is 3. The van der Waals surface area contributed by atoms with Crippen LogP contribution in [-0.2, 0) is 11.3 Å². The fraction of sp³-hybridized carbons (Fsp3) is 0.571. The van der Waals surface area contributed by atoms with Crippen LogP contribution < -0.4 is 0 Å². The molecule has 0 bridgehead atoms. The summed E-state index contributed by atoms with van der Waals surface area (Å²) in [5.41, 5.74) is 2.69. The van der Waals surface area contributed by atoms with Gasteiger partial charge in [-0.2, -0.15) is 5.10 Å². The Bertz CT molecular complexity index is 637. The second kappa shape index (κ2) is 8.80. The molecule has 26 heavy (non-hydrogen) atoms. The van der Waals surface area contributed by atoms with Crippen LogP contribution in [0.2, 0.25) is 0 Å². The van der Waals surface area contributed by atoms with Crippen molar-refractivity contribution in [2.45, 2.75) is 37.8 Å². The smallest absolute Gasteiger partial charge is 0.0828 e. The largest absolute Gasteiger partial charge is 0.376 e. The summed E-state index contributed by atoms with van der Waals surface area (Å²) in [6, 6.07) is 12.9. The van der Waals surface area contributed by atoms with E-state index in [4.69, 9.17) is 4.74 Å². The lowest BCUT2D eigenvalue weighted by molar-refractivity contribution is 0.0202. The third-order valence-corrected chi connectivity index (χ3v) is 5.69. The molecule has 1 aromatic carbocycles. The molecule has 2 aliphatic heterocycles. The number of ether oxygens (including phenoxy) is 1. The van der Waals surface area contributed by atoms with Crippen molar-refractivity contribution in [2.75, 3.05) is 39.3 Å². The van der Waals surface area contributed by atoms with E-state index in [2.05, 4.69) is 56.4 Å². The molecule has 3 heterocycles. The van der Waals surface area contributed by atoms with Gasteiger partial charge in [0.15, 0.2) is 0 Å². The lowest BCUT2D eigenvalue weighted by Gasteiger charge is -2.34. The Balaban J connectivity index is 1.27. The summed E-state index contributed by atoms with van der Waals surface area (Å²) in [6.07, 6.45) is 5.74. The third-order valence-electron chi connectivity index (χ3n) is 5.69. The summed E-state index contributed by atoms with van der Waals surface area (Å²) in [7, 11) is 0. The van der Waals surface area contributed by atoms with E-state index in [9.17, 15) is 0 Å². The van der Waals surface area contributed by atoms with Crippen molar-refractivity contribution < 1.29 is 4.74 Å². The summed E-state index contributed by atoms with van der Waals surface area (Å²) in [5, 5.41) is 7.24. The molecular formula is C21H30N4O. The van der Waals surface area contributed by atoms with Crippen molar-refractivity contribution in [3.63, 3.8) is 0 Å². The van der Waals surface area contributed by atoms with Gasteiger partial charge in [0.2, 0.25) is 0 Å². The van der Waals surface area contributed by atoms with Crippen LogP contribution in [0.4, 0.5) is 0 Å². The molecule has 2 fully saturated rings. The van der Waals surface area contributed by atoms with Gasteiger partial charge >= 0.3 is 0 Å². The molecule has 1 atom stereocenters.